The smallest absolute Gasteiger partial charge is 0.229 e. The largest absolute Gasteiger partial charge is 0.243 e. The molecule has 5 nitrogen and oxygen atoms in total. The third-order valence-corrected chi connectivity index (χ3v) is 8.27. The maximum atomic E-state index is 13.1. The summed E-state index contributed by atoms with van der Waals surface area (Å²) in [6, 6.07) is 4.92. The van der Waals surface area contributed by atoms with Gasteiger partial charge in [0.2, 0.25) is 10.0 Å². The average molecular weight is 343 g/mol. The highest BCUT2D eigenvalue weighted by molar-refractivity contribution is 7.92. The molecule has 0 spiro atoms. The van der Waals surface area contributed by atoms with Crippen LogP contribution in [0.25, 0.3) is 0 Å². The maximum Gasteiger partial charge on any atom is 0.243 e. The molecule has 0 unspecified atom stereocenters. The third kappa shape index (κ3) is 2.94. The Bertz CT molecular complexity index is 795. The molecule has 0 radical (unpaired) electrons. The number of hydrogen-bond acceptors (Lipinski definition) is 4. The Morgan fingerprint density at radius 3 is 2.32 bits per heavy atom. The molecule has 1 heterocycles. The summed E-state index contributed by atoms with van der Waals surface area (Å²) in [6.45, 7) is 3.64. The van der Waals surface area contributed by atoms with E-state index in [2.05, 4.69) is 0 Å². The molecular weight excluding hydrogens is 322 g/mol. The van der Waals surface area contributed by atoms with Crippen molar-refractivity contribution >= 4 is 19.9 Å². The highest BCUT2D eigenvalue weighted by Crippen LogP contribution is 2.37. The summed E-state index contributed by atoms with van der Waals surface area (Å²) < 4.78 is 51.2. The number of sulfonamides is 1. The minimum absolute atomic E-state index is 0.0387. The van der Waals surface area contributed by atoms with Crippen LogP contribution in [-0.4, -0.2) is 44.7 Å². The van der Waals surface area contributed by atoms with E-state index in [0.29, 0.717) is 16.9 Å². The zero-order chi connectivity index (χ0) is 16.1. The second-order valence-corrected chi connectivity index (χ2v) is 10.4. The van der Waals surface area contributed by atoms with Gasteiger partial charge in [0.1, 0.15) is 0 Å². The summed E-state index contributed by atoms with van der Waals surface area (Å²) >= 11 is 0. The normalized spacial score (nSPS) is 24.8. The Hall–Kier alpha value is -0.920. The van der Waals surface area contributed by atoms with E-state index in [1.54, 1.807) is 19.1 Å². The van der Waals surface area contributed by atoms with Crippen molar-refractivity contribution in [2.45, 2.75) is 50.1 Å². The second kappa shape index (κ2) is 5.32. The van der Waals surface area contributed by atoms with Crippen LogP contribution in [0, 0.1) is 13.8 Å². The van der Waals surface area contributed by atoms with Crippen LogP contribution in [0.5, 0.6) is 0 Å². The van der Waals surface area contributed by atoms with Crippen molar-refractivity contribution < 1.29 is 16.8 Å². The molecule has 1 saturated heterocycles. The molecule has 22 heavy (non-hydrogen) atoms. The lowest BCUT2D eigenvalue weighted by Crippen LogP contribution is -2.42. The van der Waals surface area contributed by atoms with Gasteiger partial charge in [-0.1, -0.05) is 12.1 Å². The van der Waals surface area contributed by atoms with Crippen molar-refractivity contribution in [1.82, 2.24) is 4.31 Å². The lowest BCUT2D eigenvalue weighted by Gasteiger charge is -2.28. The summed E-state index contributed by atoms with van der Waals surface area (Å²) in [5.74, 6) is 0.0385. The van der Waals surface area contributed by atoms with E-state index in [4.69, 9.17) is 0 Å². The maximum absolute atomic E-state index is 13.1. The summed E-state index contributed by atoms with van der Waals surface area (Å²) in [7, 11) is -6.77. The number of hydrogen-bond donors (Lipinski definition) is 0. The molecule has 1 aliphatic carbocycles. The Kier molecular flexibility index (Phi) is 3.86. The minimum Gasteiger partial charge on any atom is -0.229 e. The first-order chi connectivity index (χ1) is 10.2. The molecule has 1 aromatic rings. The summed E-state index contributed by atoms with van der Waals surface area (Å²) in [5.41, 5.74) is 1.59. The molecule has 1 saturated carbocycles. The van der Waals surface area contributed by atoms with Crippen molar-refractivity contribution in [1.29, 1.82) is 0 Å². The SMILES string of the molecule is Cc1ccc(C)c(S(=O)(=O)N(C2CC2)[C@@H]2CCS(=O)(=O)C2)c1. The lowest BCUT2D eigenvalue weighted by molar-refractivity contribution is 0.332. The molecule has 0 bridgehead atoms. The van der Waals surface area contributed by atoms with Crippen molar-refractivity contribution in [3.63, 3.8) is 0 Å². The molecule has 2 fully saturated rings. The van der Waals surface area contributed by atoms with Crippen LogP contribution < -0.4 is 0 Å². The molecule has 7 heteroatoms. The van der Waals surface area contributed by atoms with Crippen molar-refractivity contribution in [3.05, 3.63) is 29.3 Å². The summed E-state index contributed by atoms with van der Waals surface area (Å²) in [5, 5.41) is 0. The Balaban J connectivity index is 2.02. The molecule has 2 aliphatic rings. The van der Waals surface area contributed by atoms with Crippen LogP contribution in [0.4, 0.5) is 0 Å². The van der Waals surface area contributed by atoms with Gasteiger partial charge in [-0.3, -0.25) is 0 Å². The van der Waals surface area contributed by atoms with Gasteiger partial charge in [-0.25, -0.2) is 16.8 Å². The van der Waals surface area contributed by atoms with Crippen molar-refractivity contribution in [2.24, 2.45) is 0 Å². The molecule has 122 valence electrons. The van der Waals surface area contributed by atoms with Crippen LogP contribution in [0.2, 0.25) is 0 Å². The lowest BCUT2D eigenvalue weighted by atomic mass is 10.2. The van der Waals surface area contributed by atoms with E-state index >= 15 is 0 Å². The van der Waals surface area contributed by atoms with E-state index in [1.165, 1.54) is 4.31 Å². The predicted octanol–water partition coefficient (Wildman–Crippen LogP) is 1.64. The van der Waals surface area contributed by atoms with E-state index in [1.807, 2.05) is 13.0 Å². The first-order valence-electron chi connectivity index (χ1n) is 7.52. The quantitative estimate of drug-likeness (QED) is 0.833. The van der Waals surface area contributed by atoms with Crippen LogP contribution in [0.15, 0.2) is 23.1 Å². The van der Waals surface area contributed by atoms with E-state index in [9.17, 15) is 16.8 Å². The third-order valence-electron chi connectivity index (χ3n) is 4.37. The Labute approximate surface area is 132 Å². The number of aryl methyl sites for hydroxylation is 2. The molecule has 0 aromatic heterocycles. The number of rotatable bonds is 4. The van der Waals surface area contributed by atoms with Gasteiger partial charge in [0.25, 0.3) is 0 Å². The Morgan fingerprint density at radius 1 is 1.09 bits per heavy atom. The van der Waals surface area contributed by atoms with Crippen molar-refractivity contribution in [3.8, 4) is 0 Å². The molecule has 0 amide bonds. The molecule has 1 aliphatic heterocycles. The van der Waals surface area contributed by atoms with Gasteiger partial charge >= 0.3 is 0 Å². The second-order valence-electron chi connectivity index (χ2n) is 6.39. The van der Waals surface area contributed by atoms with Crippen molar-refractivity contribution in [2.75, 3.05) is 11.5 Å². The Morgan fingerprint density at radius 2 is 1.77 bits per heavy atom. The number of benzene rings is 1. The van der Waals surface area contributed by atoms with E-state index in [0.717, 1.165) is 18.4 Å². The molecule has 3 rings (SSSR count). The van der Waals surface area contributed by atoms with E-state index < -0.39 is 25.9 Å². The zero-order valence-corrected chi connectivity index (χ0v) is 14.5. The fourth-order valence-corrected chi connectivity index (χ4v) is 7.11. The molecule has 1 atom stereocenters. The van der Waals surface area contributed by atoms with Gasteiger partial charge in [0.15, 0.2) is 9.84 Å². The topological polar surface area (TPSA) is 71.5 Å². The molecular formula is C15H21NO4S2. The van der Waals surface area contributed by atoms with Crippen LogP contribution in [0.1, 0.15) is 30.4 Å². The van der Waals surface area contributed by atoms with E-state index in [-0.39, 0.29) is 17.5 Å². The fraction of sp³-hybridized carbons (Fsp3) is 0.600. The monoisotopic (exact) mass is 343 g/mol. The fourth-order valence-electron chi connectivity index (χ4n) is 3.09. The van der Waals surface area contributed by atoms with Crippen LogP contribution in [0.3, 0.4) is 0 Å². The van der Waals surface area contributed by atoms with Gasteiger partial charge in [-0.05, 0) is 50.3 Å². The highest BCUT2D eigenvalue weighted by atomic mass is 32.2. The minimum atomic E-state index is -3.66. The summed E-state index contributed by atoms with van der Waals surface area (Å²) in [6.07, 6.45) is 2.05. The molecule has 1 aromatic carbocycles. The first kappa shape index (κ1) is 16.0. The zero-order valence-electron chi connectivity index (χ0n) is 12.8. The first-order valence-corrected chi connectivity index (χ1v) is 10.8. The van der Waals surface area contributed by atoms with Gasteiger partial charge in [0.05, 0.1) is 16.4 Å². The van der Waals surface area contributed by atoms with Gasteiger partial charge in [0, 0.05) is 12.1 Å². The van der Waals surface area contributed by atoms with Crippen LogP contribution in [-0.2, 0) is 19.9 Å². The van der Waals surface area contributed by atoms with Gasteiger partial charge in [-0.2, -0.15) is 4.31 Å². The predicted molar refractivity (Wildman–Crippen MR) is 85.0 cm³/mol. The highest BCUT2D eigenvalue weighted by Gasteiger charge is 2.46. The van der Waals surface area contributed by atoms with Gasteiger partial charge < -0.3 is 0 Å². The van der Waals surface area contributed by atoms with Gasteiger partial charge in [-0.15, -0.1) is 0 Å². The number of sulfone groups is 1. The molecule has 0 N–H and O–H groups in total. The average Bonchev–Trinajstić information content (AvgIpc) is 3.16. The van der Waals surface area contributed by atoms with Crippen LogP contribution >= 0.6 is 0 Å². The summed E-state index contributed by atoms with van der Waals surface area (Å²) in [4.78, 5) is 0.309. The standard InChI is InChI=1S/C15H21NO4S2/c1-11-3-4-12(2)15(9-11)22(19,20)16(13-5-6-13)14-7-8-21(17,18)10-14/h3-4,9,13-14H,5-8,10H2,1-2H3/t14-/m1/s1. The number of nitrogens with zero attached hydrogens (tertiary/aromatic N) is 1.